The average Bonchev–Trinajstić information content (AvgIpc) is 3.18. The van der Waals surface area contributed by atoms with Crippen LogP contribution >= 0.6 is 22.7 Å². The summed E-state index contributed by atoms with van der Waals surface area (Å²) in [5, 5.41) is 7.07. The topological polar surface area (TPSA) is 36.4 Å². The Morgan fingerprint density at radius 3 is 2.75 bits per heavy atom. The number of thiazole rings is 1. The van der Waals surface area contributed by atoms with E-state index in [9.17, 15) is 4.79 Å². The Bertz CT molecular complexity index is 570. The second-order valence-corrected chi connectivity index (χ2v) is 6.17. The number of hydrogen-bond donors (Lipinski definition) is 0. The molecule has 0 N–H and O–H groups in total. The van der Waals surface area contributed by atoms with Crippen LogP contribution in [0.3, 0.4) is 0 Å². The summed E-state index contributed by atoms with van der Waals surface area (Å²) < 4.78 is 0. The van der Waals surface area contributed by atoms with E-state index in [1.165, 1.54) is 0 Å². The summed E-state index contributed by atoms with van der Waals surface area (Å²) in [4.78, 5) is 20.5. The van der Waals surface area contributed by atoms with Gasteiger partial charge in [0.05, 0.1) is 0 Å². The number of carbonyl (C=O) groups excluding carboxylic acids is 1. The van der Waals surface area contributed by atoms with Gasteiger partial charge in [-0.1, -0.05) is 0 Å². The van der Waals surface area contributed by atoms with Crippen LogP contribution in [-0.2, 0) is 4.79 Å². The Balaban J connectivity index is 1.54. The van der Waals surface area contributed by atoms with E-state index in [1.54, 1.807) is 28.7 Å². The molecule has 0 aromatic carbocycles. The van der Waals surface area contributed by atoms with Crippen molar-refractivity contribution >= 4 is 39.8 Å². The quantitative estimate of drug-likeness (QED) is 0.818. The highest BCUT2D eigenvalue weighted by Gasteiger charge is 2.20. The lowest BCUT2D eigenvalue weighted by Crippen LogP contribution is -2.48. The van der Waals surface area contributed by atoms with Gasteiger partial charge in [-0.25, -0.2) is 4.98 Å². The van der Waals surface area contributed by atoms with Crippen LogP contribution in [0, 0.1) is 0 Å². The zero-order chi connectivity index (χ0) is 13.8. The lowest BCUT2D eigenvalue weighted by molar-refractivity contribution is -0.126. The third-order valence-corrected chi connectivity index (χ3v) is 4.78. The van der Waals surface area contributed by atoms with Crippen LogP contribution in [0.15, 0.2) is 34.5 Å². The molecule has 20 heavy (non-hydrogen) atoms. The van der Waals surface area contributed by atoms with Crippen LogP contribution in [-0.4, -0.2) is 42.0 Å². The molecule has 1 aliphatic rings. The number of carbonyl (C=O) groups is 1. The van der Waals surface area contributed by atoms with Gasteiger partial charge in [-0.15, -0.1) is 11.3 Å². The number of anilines is 1. The summed E-state index contributed by atoms with van der Waals surface area (Å²) in [6, 6.07) is 2.01. The number of hydrogen-bond acceptors (Lipinski definition) is 5. The lowest BCUT2D eigenvalue weighted by Gasteiger charge is -2.34. The molecule has 0 unspecified atom stereocenters. The number of nitrogens with zero attached hydrogens (tertiary/aromatic N) is 3. The molecule has 1 saturated heterocycles. The maximum Gasteiger partial charge on any atom is 0.246 e. The molecule has 1 fully saturated rings. The van der Waals surface area contributed by atoms with Crippen molar-refractivity contribution in [2.24, 2.45) is 0 Å². The smallest absolute Gasteiger partial charge is 0.246 e. The van der Waals surface area contributed by atoms with Crippen molar-refractivity contribution in [3.8, 4) is 0 Å². The molecule has 3 heterocycles. The number of thiophene rings is 1. The minimum Gasteiger partial charge on any atom is -0.345 e. The minimum atomic E-state index is 0.0926. The Hall–Kier alpha value is -1.66. The summed E-state index contributed by atoms with van der Waals surface area (Å²) in [5.74, 6) is 0.0926. The fourth-order valence-electron chi connectivity index (χ4n) is 2.13. The molecule has 2 aromatic rings. The first-order chi connectivity index (χ1) is 9.83. The van der Waals surface area contributed by atoms with Crippen molar-refractivity contribution in [2.45, 2.75) is 0 Å². The van der Waals surface area contributed by atoms with Gasteiger partial charge in [0.25, 0.3) is 0 Å². The fraction of sp³-hybridized carbons (Fsp3) is 0.286. The molecule has 0 bridgehead atoms. The van der Waals surface area contributed by atoms with E-state index < -0.39 is 0 Å². The summed E-state index contributed by atoms with van der Waals surface area (Å²) in [6.45, 7) is 3.22. The predicted octanol–water partition coefficient (Wildman–Crippen LogP) is 2.57. The molecule has 3 rings (SSSR count). The van der Waals surface area contributed by atoms with Gasteiger partial charge in [-0.3, -0.25) is 4.79 Å². The molecule has 0 radical (unpaired) electrons. The van der Waals surface area contributed by atoms with Crippen molar-refractivity contribution in [3.63, 3.8) is 0 Å². The largest absolute Gasteiger partial charge is 0.345 e. The van der Waals surface area contributed by atoms with E-state index in [-0.39, 0.29) is 5.91 Å². The third kappa shape index (κ3) is 3.08. The van der Waals surface area contributed by atoms with Gasteiger partial charge in [0.1, 0.15) is 0 Å². The standard InChI is InChI=1S/C14H15N3OS2/c18-13(2-1-12-3-9-19-11-12)16-5-7-17(8-6-16)14-15-4-10-20-14/h1-4,9-11H,5-8H2/b2-1+. The molecule has 1 amide bonds. The molecular formula is C14H15N3OS2. The first-order valence-corrected chi connectivity index (χ1v) is 8.29. The SMILES string of the molecule is O=C(/C=C/c1ccsc1)N1CCN(c2nccs2)CC1. The molecule has 0 aliphatic carbocycles. The molecule has 6 heteroatoms. The number of aromatic nitrogens is 1. The Morgan fingerprint density at radius 1 is 1.25 bits per heavy atom. The van der Waals surface area contributed by atoms with Crippen molar-refractivity contribution < 1.29 is 4.79 Å². The van der Waals surface area contributed by atoms with Crippen LogP contribution in [0.1, 0.15) is 5.56 Å². The first-order valence-electron chi connectivity index (χ1n) is 6.46. The number of piperazine rings is 1. The summed E-state index contributed by atoms with van der Waals surface area (Å²) >= 11 is 3.28. The van der Waals surface area contributed by atoms with Gasteiger partial charge in [-0.2, -0.15) is 11.3 Å². The second-order valence-electron chi connectivity index (χ2n) is 4.52. The zero-order valence-electron chi connectivity index (χ0n) is 10.9. The zero-order valence-corrected chi connectivity index (χ0v) is 12.6. The molecule has 0 saturated carbocycles. The molecule has 0 spiro atoms. The van der Waals surface area contributed by atoms with Crippen LogP contribution in [0.25, 0.3) is 6.08 Å². The van der Waals surface area contributed by atoms with Crippen LogP contribution in [0.2, 0.25) is 0 Å². The van der Waals surface area contributed by atoms with Crippen molar-refractivity contribution in [3.05, 3.63) is 40.0 Å². The Kier molecular flexibility index (Phi) is 4.13. The predicted molar refractivity (Wildman–Crippen MR) is 84.3 cm³/mol. The van der Waals surface area contributed by atoms with Gasteiger partial charge in [0, 0.05) is 43.8 Å². The minimum absolute atomic E-state index is 0.0926. The van der Waals surface area contributed by atoms with Crippen molar-refractivity contribution in [2.75, 3.05) is 31.1 Å². The molecular weight excluding hydrogens is 290 g/mol. The van der Waals surface area contributed by atoms with E-state index >= 15 is 0 Å². The van der Waals surface area contributed by atoms with Gasteiger partial charge in [-0.05, 0) is 28.5 Å². The molecule has 4 nitrogen and oxygen atoms in total. The maximum absolute atomic E-state index is 12.1. The lowest BCUT2D eigenvalue weighted by atomic mass is 10.2. The summed E-state index contributed by atoms with van der Waals surface area (Å²) in [6.07, 6.45) is 5.37. The average molecular weight is 305 g/mol. The van der Waals surface area contributed by atoms with Crippen LogP contribution in [0.4, 0.5) is 5.13 Å². The monoisotopic (exact) mass is 305 g/mol. The second kappa shape index (κ2) is 6.19. The Labute approximate surface area is 126 Å². The van der Waals surface area contributed by atoms with E-state index in [1.807, 2.05) is 39.4 Å². The van der Waals surface area contributed by atoms with Gasteiger partial charge in [0.2, 0.25) is 5.91 Å². The van der Waals surface area contributed by atoms with E-state index in [0.717, 1.165) is 36.9 Å². The number of rotatable bonds is 3. The summed E-state index contributed by atoms with van der Waals surface area (Å²) in [7, 11) is 0. The van der Waals surface area contributed by atoms with Crippen molar-refractivity contribution in [1.82, 2.24) is 9.88 Å². The van der Waals surface area contributed by atoms with Crippen LogP contribution in [0.5, 0.6) is 0 Å². The van der Waals surface area contributed by atoms with Gasteiger partial charge >= 0.3 is 0 Å². The van der Waals surface area contributed by atoms with E-state index in [0.29, 0.717) is 0 Å². The first kappa shape index (κ1) is 13.3. The maximum atomic E-state index is 12.1. The van der Waals surface area contributed by atoms with Crippen LogP contribution < -0.4 is 4.90 Å². The highest BCUT2D eigenvalue weighted by atomic mass is 32.1. The van der Waals surface area contributed by atoms with E-state index in [4.69, 9.17) is 0 Å². The molecule has 0 atom stereocenters. The number of amides is 1. The normalized spacial score (nSPS) is 16.0. The molecule has 104 valence electrons. The molecule has 1 aliphatic heterocycles. The highest BCUT2D eigenvalue weighted by molar-refractivity contribution is 7.13. The van der Waals surface area contributed by atoms with E-state index in [2.05, 4.69) is 9.88 Å². The highest BCUT2D eigenvalue weighted by Crippen LogP contribution is 2.19. The summed E-state index contributed by atoms with van der Waals surface area (Å²) in [5.41, 5.74) is 1.09. The van der Waals surface area contributed by atoms with Gasteiger partial charge < -0.3 is 9.80 Å². The third-order valence-electron chi connectivity index (χ3n) is 3.24. The van der Waals surface area contributed by atoms with Gasteiger partial charge in [0.15, 0.2) is 5.13 Å². The fourth-order valence-corrected chi connectivity index (χ4v) is 3.46. The van der Waals surface area contributed by atoms with Crippen molar-refractivity contribution in [1.29, 1.82) is 0 Å². The Morgan fingerprint density at radius 2 is 2.10 bits per heavy atom. The molecule has 2 aromatic heterocycles.